The van der Waals surface area contributed by atoms with Gasteiger partial charge in [-0.3, -0.25) is 14.9 Å². The van der Waals surface area contributed by atoms with E-state index in [4.69, 9.17) is 5.26 Å². The van der Waals surface area contributed by atoms with Crippen molar-refractivity contribution in [1.82, 2.24) is 4.90 Å². The highest BCUT2D eigenvalue weighted by Crippen LogP contribution is 2.26. The lowest BCUT2D eigenvalue weighted by molar-refractivity contribution is -0.384. The number of hydrogen-bond acceptors (Lipinski definition) is 5. The van der Waals surface area contributed by atoms with E-state index in [0.717, 1.165) is 24.1 Å². The molecule has 1 fully saturated rings. The number of benzene rings is 2. The van der Waals surface area contributed by atoms with Crippen LogP contribution < -0.4 is 5.32 Å². The monoisotopic (exact) mass is 350 g/mol. The zero-order valence-corrected chi connectivity index (χ0v) is 14.1. The molecule has 1 N–H and O–H groups in total. The second-order valence-electron chi connectivity index (χ2n) is 6.19. The van der Waals surface area contributed by atoms with Gasteiger partial charge in [-0.15, -0.1) is 0 Å². The predicted molar refractivity (Wildman–Crippen MR) is 96.2 cm³/mol. The summed E-state index contributed by atoms with van der Waals surface area (Å²) >= 11 is 0. The number of nitriles is 1. The van der Waals surface area contributed by atoms with Gasteiger partial charge in [0, 0.05) is 32.1 Å². The molecular formula is C19H18N4O3. The van der Waals surface area contributed by atoms with Crippen molar-refractivity contribution in [1.29, 1.82) is 5.26 Å². The Labute approximate surface area is 151 Å². The molecule has 3 rings (SSSR count). The van der Waals surface area contributed by atoms with Crippen molar-refractivity contribution in [3.63, 3.8) is 0 Å². The van der Waals surface area contributed by atoms with Crippen LogP contribution in [0.5, 0.6) is 0 Å². The Morgan fingerprint density at radius 1 is 1.19 bits per heavy atom. The molecule has 2 aromatic rings. The van der Waals surface area contributed by atoms with Crippen molar-refractivity contribution in [2.24, 2.45) is 0 Å². The van der Waals surface area contributed by atoms with Crippen LogP contribution in [-0.2, 0) is 17.9 Å². The zero-order valence-electron chi connectivity index (χ0n) is 14.1. The molecular weight excluding hydrogens is 332 g/mol. The van der Waals surface area contributed by atoms with Crippen LogP contribution in [-0.4, -0.2) is 22.3 Å². The van der Waals surface area contributed by atoms with Gasteiger partial charge < -0.3 is 10.2 Å². The molecule has 7 nitrogen and oxygen atoms in total. The second kappa shape index (κ2) is 7.66. The molecule has 0 unspecified atom stereocenters. The minimum absolute atomic E-state index is 0.117. The standard InChI is InChI=1S/C19H18N4O3/c20-11-16-7-8-17(18(10-16)23(25)26)21-12-14-3-5-15(6-4-14)13-22-9-1-2-19(22)24/h3-8,10,21H,1-2,9,12-13H2. The summed E-state index contributed by atoms with van der Waals surface area (Å²) in [7, 11) is 0. The normalized spacial score (nSPS) is 13.5. The van der Waals surface area contributed by atoms with Crippen LogP contribution in [0.4, 0.5) is 11.4 Å². The third-order valence-corrected chi connectivity index (χ3v) is 4.37. The van der Waals surface area contributed by atoms with E-state index in [0.29, 0.717) is 25.2 Å². The molecule has 0 spiro atoms. The van der Waals surface area contributed by atoms with Crippen molar-refractivity contribution in [2.75, 3.05) is 11.9 Å². The summed E-state index contributed by atoms with van der Waals surface area (Å²) in [5, 5.41) is 23.1. The topological polar surface area (TPSA) is 99.3 Å². The first-order valence-corrected chi connectivity index (χ1v) is 8.35. The first-order valence-electron chi connectivity index (χ1n) is 8.35. The minimum atomic E-state index is -0.501. The quantitative estimate of drug-likeness (QED) is 0.637. The van der Waals surface area contributed by atoms with E-state index in [2.05, 4.69) is 5.32 Å². The molecule has 7 heteroatoms. The summed E-state index contributed by atoms with van der Waals surface area (Å²) in [4.78, 5) is 24.2. The maximum absolute atomic E-state index is 11.7. The number of hydrogen-bond donors (Lipinski definition) is 1. The average Bonchev–Trinajstić information content (AvgIpc) is 3.05. The van der Waals surface area contributed by atoms with Crippen LogP contribution in [0.15, 0.2) is 42.5 Å². The van der Waals surface area contributed by atoms with E-state index in [1.807, 2.05) is 35.2 Å². The molecule has 2 aromatic carbocycles. The van der Waals surface area contributed by atoms with E-state index in [1.165, 1.54) is 6.07 Å². The van der Waals surface area contributed by atoms with Gasteiger partial charge in [-0.2, -0.15) is 5.26 Å². The average molecular weight is 350 g/mol. The lowest BCUT2D eigenvalue weighted by Crippen LogP contribution is -2.23. The van der Waals surface area contributed by atoms with Crippen LogP contribution in [0, 0.1) is 21.4 Å². The Balaban J connectivity index is 1.64. The van der Waals surface area contributed by atoms with Gasteiger partial charge in [0.05, 0.1) is 16.6 Å². The second-order valence-corrected chi connectivity index (χ2v) is 6.19. The number of nitrogens with one attached hydrogen (secondary N) is 1. The van der Waals surface area contributed by atoms with Gasteiger partial charge in [-0.25, -0.2) is 0 Å². The Kier molecular flexibility index (Phi) is 5.13. The fourth-order valence-corrected chi connectivity index (χ4v) is 2.95. The minimum Gasteiger partial charge on any atom is -0.375 e. The van der Waals surface area contributed by atoms with E-state index in [9.17, 15) is 14.9 Å². The number of anilines is 1. The molecule has 1 aliphatic heterocycles. The van der Waals surface area contributed by atoms with Gasteiger partial charge in [-0.1, -0.05) is 24.3 Å². The summed E-state index contributed by atoms with van der Waals surface area (Å²) in [6, 6.07) is 14.1. The molecule has 0 bridgehead atoms. The molecule has 0 saturated carbocycles. The highest BCUT2D eigenvalue weighted by atomic mass is 16.6. The molecule has 1 heterocycles. The number of carbonyl (C=O) groups is 1. The fraction of sp³-hybridized carbons (Fsp3) is 0.263. The number of amides is 1. The van der Waals surface area contributed by atoms with Gasteiger partial charge >= 0.3 is 0 Å². The summed E-state index contributed by atoms with van der Waals surface area (Å²) in [5.41, 5.74) is 2.55. The van der Waals surface area contributed by atoms with Crippen LogP contribution in [0.1, 0.15) is 29.5 Å². The van der Waals surface area contributed by atoms with Crippen molar-refractivity contribution >= 4 is 17.3 Å². The summed E-state index contributed by atoms with van der Waals surface area (Å²) in [6.45, 7) is 1.85. The SMILES string of the molecule is N#Cc1ccc(NCc2ccc(CN3CCCC3=O)cc2)c([N+](=O)[O-])c1. The third kappa shape index (κ3) is 3.98. The molecule has 0 aliphatic carbocycles. The number of nitro benzene ring substituents is 1. The molecule has 1 saturated heterocycles. The maximum Gasteiger partial charge on any atom is 0.293 e. The molecule has 0 atom stereocenters. The van der Waals surface area contributed by atoms with Crippen molar-refractivity contribution in [3.8, 4) is 6.07 Å². The van der Waals surface area contributed by atoms with E-state index < -0.39 is 4.92 Å². The fourth-order valence-electron chi connectivity index (χ4n) is 2.95. The molecule has 0 aromatic heterocycles. The van der Waals surface area contributed by atoms with Gasteiger partial charge in [0.15, 0.2) is 0 Å². The largest absolute Gasteiger partial charge is 0.375 e. The molecule has 0 radical (unpaired) electrons. The molecule has 1 aliphatic rings. The first kappa shape index (κ1) is 17.4. The van der Waals surface area contributed by atoms with E-state index in [1.54, 1.807) is 12.1 Å². The Morgan fingerprint density at radius 3 is 2.54 bits per heavy atom. The Morgan fingerprint density at radius 2 is 1.92 bits per heavy atom. The highest BCUT2D eigenvalue weighted by Gasteiger charge is 2.19. The summed E-state index contributed by atoms with van der Waals surface area (Å²) < 4.78 is 0. The van der Waals surface area contributed by atoms with Crippen LogP contribution in [0.2, 0.25) is 0 Å². The molecule has 132 valence electrons. The predicted octanol–water partition coefficient (Wildman–Crippen LogP) is 3.20. The molecule has 1 amide bonds. The van der Waals surface area contributed by atoms with E-state index in [-0.39, 0.29) is 17.2 Å². The van der Waals surface area contributed by atoms with Crippen molar-refractivity contribution < 1.29 is 9.72 Å². The number of rotatable bonds is 6. The molecule has 26 heavy (non-hydrogen) atoms. The maximum atomic E-state index is 11.7. The first-order chi connectivity index (χ1) is 12.6. The lowest BCUT2D eigenvalue weighted by atomic mass is 10.1. The lowest BCUT2D eigenvalue weighted by Gasteiger charge is -2.15. The number of nitro groups is 1. The Hall–Kier alpha value is -3.40. The van der Waals surface area contributed by atoms with Gasteiger partial charge in [0.25, 0.3) is 5.69 Å². The number of nitrogens with zero attached hydrogens (tertiary/aromatic N) is 3. The summed E-state index contributed by atoms with van der Waals surface area (Å²) in [5.74, 6) is 0.198. The van der Waals surface area contributed by atoms with Crippen LogP contribution >= 0.6 is 0 Å². The highest BCUT2D eigenvalue weighted by molar-refractivity contribution is 5.78. The number of carbonyl (C=O) groups excluding carboxylic acids is 1. The van der Waals surface area contributed by atoms with Crippen LogP contribution in [0.25, 0.3) is 0 Å². The van der Waals surface area contributed by atoms with Crippen molar-refractivity contribution in [3.05, 3.63) is 69.3 Å². The smallest absolute Gasteiger partial charge is 0.293 e. The van der Waals surface area contributed by atoms with Gasteiger partial charge in [0.2, 0.25) is 5.91 Å². The van der Waals surface area contributed by atoms with Crippen molar-refractivity contribution in [2.45, 2.75) is 25.9 Å². The summed E-state index contributed by atoms with van der Waals surface area (Å²) in [6.07, 6.45) is 1.55. The van der Waals surface area contributed by atoms with E-state index >= 15 is 0 Å². The van der Waals surface area contributed by atoms with Gasteiger partial charge in [0.1, 0.15) is 5.69 Å². The number of likely N-dealkylation sites (tertiary alicyclic amines) is 1. The van der Waals surface area contributed by atoms with Gasteiger partial charge in [-0.05, 0) is 29.7 Å². The Bertz CT molecular complexity index is 871. The van der Waals surface area contributed by atoms with Crippen LogP contribution in [0.3, 0.4) is 0 Å². The zero-order chi connectivity index (χ0) is 18.5. The third-order valence-electron chi connectivity index (χ3n) is 4.37.